The minimum Gasteiger partial charge on any atom is -0.481 e. The first-order valence-corrected chi connectivity index (χ1v) is 4.95. The van der Waals surface area contributed by atoms with E-state index in [9.17, 15) is 5.11 Å². The van der Waals surface area contributed by atoms with E-state index in [0.717, 1.165) is 17.1 Å². The Morgan fingerprint density at radius 2 is 2.33 bits per heavy atom. The van der Waals surface area contributed by atoms with Crippen molar-refractivity contribution >= 4 is 11.4 Å². The van der Waals surface area contributed by atoms with Crippen molar-refractivity contribution in [2.24, 2.45) is 0 Å². The summed E-state index contributed by atoms with van der Waals surface area (Å²) < 4.78 is 5.75. The second-order valence-electron chi connectivity index (χ2n) is 4.29. The van der Waals surface area contributed by atoms with Crippen molar-refractivity contribution in [3.8, 4) is 5.75 Å². The maximum atomic E-state index is 9.27. The van der Waals surface area contributed by atoms with E-state index in [1.807, 2.05) is 31.0 Å². The van der Waals surface area contributed by atoms with Crippen LogP contribution in [0.5, 0.6) is 5.75 Å². The molecular weight excluding hydrogens is 192 g/mol. The molecule has 82 valence electrons. The Hall–Kier alpha value is -1.42. The predicted molar refractivity (Wildman–Crippen MR) is 60.2 cm³/mol. The van der Waals surface area contributed by atoms with Crippen LogP contribution in [-0.2, 0) is 0 Å². The van der Waals surface area contributed by atoms with E-state index >= 15 is 0 Å². The molecule has 0 amide bonds. The summed E-state index contributed by atoms with van der Waals surface area (Å²) in [6.07, 6.45) is 0. The second-order valence-corrected chi connectivity index (χ2v) is 4.29. The standard InChI is InChI=1S/C11H16N2O2/c1-11(7-14)6-13(2)9-5-8(12)3-4-10(9)15-11/h3-5,14H,6-7,12H2,1-2H3. The largest absolute Gasteiger partial charge is 0.481 e. The molecule has 1 aliphatic heterocycles. The van der Waals surface area contributed by atoms with Gasteiger partial charge in [0.05, 0.1) is 18.8 Å². The first-order valence-electron chi connectivity index (χ1n) is 4.95. The van der Waals surface area contributed by atoms with Crippen molar-refractivity contribution in [2.45, 2.75) is 12.5 Å². The third kappa shape index (κ3) is 1.72. The Kier molecular flexibility index (Phi) is 2.23. The van der Waals surface area contributed by atoms with Crippen LogP contribution in [0.2, 0.25) is 0 Å². The van der Waals surface area contributed by atoms with Gasteiger partial charge < -0.3 is 20.5 Å². The van der Waals surface area contributed by atoms with Crippen molar-refractivity contribution in [2.75, 3.05) is 30.8 Å². The Labute approximate surface area is 89.3 Å². The number of nitrogens with zero attached hydrogens (tertiary/aromatic N) is 1. The first kappa shape index (κ1) is 10.1. The number of fused-ring (bicyclic) bond motifs is 1. The number of likely N-dealkylation sites (N-methyl/N-ethyl adjacent to an activating group) is 1. The van der Waals surface area contributed by atoms with Crippen molar-refractivity contribution in [1.82, 2.24) is 0 Å². The number of nitrogens with two attached hydrogens (primary N) is 1. The quantitative estimate of drug-likeness (QED) is 0.672. The smallest absolute Gasteiger partial charge is 0.146 e. The van der Waals surface area contributed by atoms with E-state index in [2.05, 4.69) is 0 Å². The molecule has 0 saturated carbocycles. The van der Waals surface area contributed by atoms with Gasteiger partial charge in [-0.05, 0) is 25.1 Å². The van der Waals surface area contributed by atoms with Crippen LogP contribution in [0.1, 0.15) is 6.92 Å². The summed E-state index contributed by atoms with van der Waals surface area (Å²) >= 11 is 0. The molecule has 1 aliphatic rings. The number of aliphatic hydroxyl groups is 1. The number of anilines is 2. The first-order chi connectivity index (χ1) is 7.04. The number of ether oxygens (including phenoxy) is 1. The summed E-state index contributed by atoms with van der Waals surface area (Å²) in [4.78, 5) is 2.05. The van der Waals surface area contributed by atoms with Gasteiger partial charge in [-0.15, -0.1) is 0 Å². The minimum absolute atomic E-state index is 0.00115. The van der Waals surface area contributed by atoms with E-state index in [1.165, 1.54) is 0 Å². The maximum absolute atomic E-state index is 9.27. The third-order valence-corrected chi connectivity index (χ3v) is 2.66. The fourth-order valence-corrected chi connectivity index (χ4v) is 1.89. The molecule has 4 nitrogen and oxygen atoms in total. The highest BCUT2D eigenvalue weighted by Crippen LogP contribution is 2.37. The highest BCUT2D eigenvalue weighted by molar-refractivity contribution is 5.66. The fraction of sp³-hybridized carbons (Fsp3) is 0.455. The average Bonchev–Trinajstić information content (AvgIpc) is 2.20. The highest BCUT2D eigenvalue weighted by Gasteiger charge is 2.33. The van der Waals surface area contributed by atoms with Gasteiger partial charge in [-0.25, -0.2) is 0 Å². The number of hydrogen-bond acceptors (Lipinski definition) is 4. The fourth-order valence-electron chi connectivity index (χ4n) is 1.89. The van der Waals surface area contributed by atoms with Crippen molar-refractivity contribution in [1.29, 1.82) is 0 Å². The number of rotatable bonds is 1. The Morgan fingerprint density at radius 3 is 3.00 bits per heavy atom. The molecular formula is C11H16N2O2. The highest BCUT2D eigenvalue weighted by atomic mass is 16.5. The van der Waals surface area contributed by atoms with Crippen LogP contribution in [0.15, 0.2) is 18.2 Å². The van der Waals surface area contributed by atoms with Crippen LogP contribution in [-0.4, -0.2) is 30.9 Å². The zero-order valence-electron chi connectivity index (χ0n) is 9.03. The van der Waals surface area contributed by atoms with Gasteiger partial charge >= 0.3 is 0 Å². The van der Waals surface area contributed by atoms with Gasteiger partial charge in [0.15, 0.2) is 0 Å². The molecule has 0 saturated heterocycles. The van der Waals surface area contributed by atoms with Gasteiger partial charge in [-0.3, -0.25) is 0 Å². The number of nitrogen functional groups attached to an aromatic ring is 1. The van der Waals surface area contributed by atoms with E-state index in [-0.39, 0.29) is 6.61 Å². The molecule has 1 heterocycles. The Balaban J connectivity index is 2.41. The normalized spacial score (nSPS) is 24.6. The molecule has 1 aromatic carbocycles. The van der Waals surface area contributed by atoms with E-state index in [1.54, 1.807) is 6.07 Å². The Bertz CT molecular complexity index is 381. The zero-order chi connectivity index (χ0) is 11.1. The number of aliphatic hydroxyl groups excluding tert-OH is 1. The minimum atomic E-state index is -0.530. The molecule has 4 heteroatoms. The molecule has 1 aromatic rings. The van der Waals surface area contributed by atoms with Gasteiger partial charge in [-0.2, -0.15) is 0 Å². The lowest BCUT2D eigenvalue weighted by Gasteiger charge is -2.40. The second kappa shape index (κ2) is 3.31. The lowest BCUT2D eigenvalue weighted by Crippen LogP contribution is -2.50. The van der Waals surface area contributed by atoms with Gasteiger partial charge in [-0.1, -0.05) is 0 Å². The van der Waals surface area contributed by atoms with Crippen molar-refractivity contribution in [3.05, 3.63) is 18.2 Å². The van der Waals surface area contributed by atoms with Crippen LogP contribution in [0, 0.1) is 0 Å². The maximum Gasteiger partial charge on any atom is 0.146 e. The Morgan fingerprint density at radius 1 is 1.60 bits per heavy atom. The molecule has 0 radical (unpaired) electrons. The lowest BCUT2D eigenvalue weighted by atomic mass is 10.0. The average molecular weight is 208 g/mol. The van der Waals surface area contributed by atoms with E-state index in [4.69, 9.17) is 10.5 Å². The third-order valence-electron chi connectivity index (χ3n) is 2.66. The van der Waals surface area contributed by atoms with Crippen molar-refractivity contribution in [3.63, 3.8) is 0 Å². The lowest BCUT2D eigenvalue weighted by molar-refractivity contribution is 0.0250. The molecule has 3 N–H and O–H groups in total. The van der Waals surface area contributed by atoms with Crippen molar-refractivity contribution < 1.29 is 9.84 Å². The van der Waals surface area contributed by atoms with Gasteiger partial charge in [0, 0.05) is 12.7 Å². The molecule has 0 aromatic heterocycles. The van der Waals surface area contributed by atoms with Gasteiger partial charge in [0.2, 0.25) is 0 Å². The number of hydrogen-bond donors (Lipinski definition) is 2. The topological polar surface area (TPSA) is 58.7 Å². The van der Waals surface area contributed by atoms with E-state index in [0.29, 0.717) is 6.54 Å². The molecule has 0 aliphatic carbocycles. The van der Waals surface area contributed by atoms with E-state index < -0.39 is 5.60 Å². The van der Waals surface area contributed by atoms with Crippen LogP contribution >= 0.6 is 0 Å². The summed E-state index contributed by atoms with van der Waals surface area (Å²) in [5, 5.41) is 9.27. The summed E-state index contributed by atoms with van der Waals surface area (Å²) in [5.74, 6) is 0.773. The molecule has 1 atom stereocenters. The van der Waals surface area contributed by atoms with Crippen LogP contribution in [0.3, 0.4) is 0 Å². The molecule has 2 rings (SSSR count). The summed E-state index contributed by atoms with van der Waals surface area (Å²) in [6, 6.07) is 5.52. The van der Waals surface area contributed by atoms with Crippen LogP contribution < -0.4 is 15.4 Å². The van der Waals surface area contributed by atoms with Crippen LogP contribution in [0.25, 0.3) is 0 Å². The number of benzene rings is 1. The van der Waals surface area contributed by atoms with Crippen LogP contribution in [0.4, 0.5) is 11.4 Å². The molecule has 0 bridgehead atoms. The molecule has 1 unspecified atom stereocenters. The molecule has 15 heavy (non-hydrogen) atoms. The predicted octanol–water partition coefficient (Wildman–Crippen LogP) is 0.848. The SMILES string of the molecule is CN1CC(C)(CO)Oc2ccc(N)cc21. The molecule has 0 spiro atoms. The zero-order valence-corrected chi connectivity index (χ0v) is 9.03. The molecule has 0 fully saturated rings. The summed E-state index contributed by atoms with van der Waals surface area (Å²) in [5.41, 5.74) is 6.88. The summed E-state index contributed by atoms with van der Waals surface area (Å²) in [6.45, 7) is 2.55. The van der Waals surface area contributed by atoms with Gasteiger partial charge in [0.25, 0.3) is 0 Å². The summed E-state index contributed by atoms with van der Waals surface area (Å²) in [7, 11) is 1.97. The van der Waals surface area contributed by atoms with Gasteiger partial charge in [0.1, 0.15) is 11.4 Å². The monoisotopic (exact) mass is 208 g/mol.